The van der Waals surface area contributed by atoms with E-state index in [-0.39, 0.29) is 11.7 Å². The Labute approximate surface area is 189 Å². The molecule has 0 spiro atoms. The van der Waals surface area contributed by atoms with Gasteiger partial charge in [-0.15, -0.1) is 0 Å². The molecule has 1 aliphatic rings. The van der Waals surface area contributed by atoms with Crippen LogP contribution in [-0.2, 0) is 17.8 Å². The summed E-state index contributed by atoms with van der Waals surface area (Å²) in [7, 11) is 1.65. The Morgan fingerprint density at radius 2 is 1.85 bits per heavy atom. The molecule has 166 valence electrons. The highest BCUT2D eigenvalue weighted by molar-refractivity contribution is 6.04. The number of nitrogens with zero attached hydrogens (tertiary/aromatic N) is 5. The maximum Gasteiger partial charge on any atom is 0.265 e. The largest absolute Gasteiger partial charge is 0.497 e. The highest BCUT2D eigenvalue weighted by atomic mass is 16.5. The lowest BCUT2D eigenvalue weighted by Crippen LogP contribution is -2.26. The maximum absolute atomic E-state index is 13.6. The summed E-state index contributed by atoms with van der Waals surface area (Å²) < 4.78 is 14.6. The van der Waals surface area contributed by atoms with Crippen LogP contribution >= 0.6 is 0 Å². The summed E-state index contributed by atoms with van der Waals surface area (Å²) in [6.07, 6.45) is 3.64. The molecule has 33 heavy (non-hydrogen) atoms. The summed E-state index contributed by atoms with van der Waals surface area (Å²) in [4.78, 5) is 28.0. The minimum Gasteiger partial charge on any atom is -0.497 e. The quantitative estimate of drug-likeness (QED) is 0.415. The molecule has 0 bridgehead atoms. The molecular weight excluding hydrogens is 418 g/mol. The number of methoxy groups -OCH3 is 1. The van der Waals surface area contributed by atoms with Crippen LogP contribution in [0.2, 0.25) is 0 Å². The predicted molar refractivity (Wildman–Crippen MR) is 126 cm³/mol. The first kappa shape index (κ1) is 19.9. The molecule has 8 heteroatoms. The molecule has 0 N–H and O–H groups in total. The maximum atomic E-state index is 13.6. The van der Waals surface area contributed by atoms with Crippen molar-refractivity contribution in [2.45, 2.75) is 32.0 Å². The van der Waals surface area contributed by atoms with Crippen LogP contribution in [-0.4, -0.2) is 43.9 Å². The molecule has 5 aromatic rings. The van der Waals surface area contributed by atoms with Gasteiger partial charge in [-0.1, -0.05) is 24.3 Å². The zero-order chi connectivity index (χ0) is 22.4. The van der Waals surface area contributed by atoms with E-state index >= 15 is 0 Å². The van der Waals surface area contributed by atoms with Crippen molar-refractivity contribution in [2.75, 3.05) is 13.7 Å². The lowest BCUT2D eigenvalue weighted by atomic mass is 10.2. The van der Waals surface area contributed by atoms with E-state index in [1.165, 1.54) is 0 Å². The Morgan fingerprint density at radius 3 is 2.58 bits per heavy atom. The van der Waals surface area contributed by atoms with Gasteiger partial charge >= 0.3 is 0 Å². The van der Waals surface area contributed by atoms with E-state index in [4.69, 9.17) is 24.4 Å². The van der Waals surface area contributed by atoms with Gasteiger partial charge in [-0.2, -0.15) is 0 Å². The number of hydrogen-bond donors (Lipinski definition) is 0. The van der Waals surface area contributed by atoms with Crippen LogP contribution in [0.5, 0.6) is 5.75 Å². The zero-order valence-electron chi connectivity index (χ0n) is 18.3. The number of ether oxygens (including phenoxy) is 2. The van der Waals surface area contributed by atoms with Gasteiger partial charge in [-0.25, -0.2) is 15.0 Å². The van der Waals surface area contributed by atoms with Gasteiger partial charge in [0.2, 0.25) is 0 Å². The Kier molecular flexibility index (Phi) is 4.80. The molecule has 2 aromatic carbocycles. The molecule has 0 amide bonds. The first-order valence-electron chi connectivity index (χ1n) is 11.1. The van der Waals surface area contributed by atoms with Crippen LogP contribution in [0.15, 0.2) is 59.7 Å². The van der Waals surface area contributed by atoms with Crippen LogP contribution in [0.3, 0.4) is 0 Å². The van der Waals surface area contributed by atoms with Crippen molar-refractivity contribution in [2.24, 2.45) is 0 Å². The molecule has 3 aromatic heterocycles. The minimum absolute atomic E-state index is 0.0431. The summed E-state index contributed by atoms with van der Waals surface area (Å²) in [5.74, 6) is 0.793. The fourth-order valence-electron chi connectivity index (χ4n) is 4.54. The van der Waals surface area contributed by atoms with Gasteiger partial charge in [0.05, 0.1) is 43.7 Å². The van der Waals surface area contributed by atoms with Crippen LogP contribution in [0, 0.1) is 0 Å². The van der Waals surface area contributed by atoms with E-state index in [2.05, 4.69) is 0 Å². The van der Waals surface area contributed by atoms with E-state index in [1.807, 2.05) is 53.1 Å². The van der Waals surface area contributed by atoms with Crippen LogP contribution < -0.4 is 10.3 Å². The molecule has 4 heterocycles. The normalized spacial score (nSPS) is 16.2. The van der Waals surface area contributed by atoms with E-state index in [0.29, 0.717) is 35.3 Å². The van der Waals surface area contributed by atoms with Gasteiger partial charge in [0, 0.05) is 6.61 Å². The summed E-state index contributed by atoms with van der Waals surface area (Å²) >= 11 is 0. The third-order valence-corrected chi connectivity index (χ3v) is 6.24. The average molecular weight is 441 g/mol. The van der Waals surface area contributed by atoms with Crippen molar-refractivity contribution < 1.29 is 9.47 Å². The summed E-state index contributed by atoms with van der Waals surface area (Å²) in [6, 6.07) is 15.6. The second kappa shape index (κ2) is 7.97. The van der Waals surface area contributed by atoms with Gasteiger partial charge in [0.1, 0.15) is 16.7 Å². The lowest BCUT2D eigenvalue weighted by molar-refractivity contribution is 0.0960. The molecular formula is C25H23N5O3. The molecule has 1 fully saturated rings. The fraction of sp³-hybridized carbons (Fsp3) is 0.280. The second-order valence-electron chi connectivity index (χ2n) is 8.35. The number of fused-ring (bicyclic) bond motifs is 4. The average Bonchev–Trinajstić information content (AvgIpc) is 3.46. The van der Waals surface area contributed by atoms with Crippen LogP contribution in [0.4, 0.5) is 0 Å². The van der Waals surface area contributed by atoms with Crippen molar-refractivity contribution >= 4 is 33.2 Å². The predicted octanol–water partition coefficient (Wildman–Crippen LogP) is 3.53. The number of hydrogen-bond acceptors (Lipinski definition) is 6. The Bertz CT molecular complexity index is 1530. The topological polar surface area (TPSA) is 84.1 Å². The molecule has 0 saturated carbocycles. The molecule has 0 aliphatic carbocycles. The molecule has 8 nitrogen and oxygen atoms in total. The van der Waals surface area contributed by atoms with E-state index in [0.717, 1.165) is 41.8 Å². The first-order chi connectivity index (χ1) is 16.2. The van der Waals surface area contributed by atoms with Gasteiger partial charge in [-0.3, -0.25) is 9.36 Å². The molecule has 0 radical (unpaired) electrons. The molecule has 1 saturated heterocycles. The molecule has 1 aliphatic heterocycles. The van der Waals surface area contributed by atoms with E-state index in [1.54, 1.807) is 18.0 Å². The van der Waals surface area contributed by atoms with Gasteiger partial charge in [0.25, 0.3) is 5.56 Å². The van der Waals surface area contributed by atoms with Crippen molar-refractivity contribution in [3.05, 3.63) is 70.8 Å². The third kappa shape index (κ3) is 3.43. The molecule has 1 atom stereocenters. The lowest BCUT2D eigenvalue weighted by Gasteiger charge is -2.11. The Hall–Kier alpha value is -3.78. The highest BCUT2D eigenvalue weighted by Gasteiger charge is 2.22. The van der Waals surface area contributed by atoms with E-state index in [9.17, 15) is 4.79 Å². The Morgan fingerprint density at radius 1 is 1.06 bits per heavy atom. The van der Waals surface area contributed by atoms with Crippen LogP contribution in [0.25, 0.3) is 33.2 Å². The van der Waals surface area contributed by atoms with Gasteiger partial charge in [0.15, 0.2) is 11.3 Å². The smallest absolute Gasteiger partial charge is 0.265 e. The summed E-state index contributed by atoms with van der Waals surface area (Å²) in [6.45, 7) is 1.75. The SMILES string of the molecule is COc1ccc(Cn2c3nc4ccccc4nc3c3c(=O)n(C[C@H]4CCCO4)cnc32)cc1. The zero-order valence-corrected chi connectivity index (χ0v) is 18.3. The standard InChI is InChI=1S/C25H23N5O3/c1-32-17-10-8-16(9-11-17)13-30-23-21(22-24(30)28-20-7-3-2-6-19(20)27-22)25(31)29(15-26-23)14-18-5-4-12-33-18/h2-3,6-11,15,18H,4-5,12-14H2,1H3/t18-/m1/s1. The first-order valence-corrected chi connectivity index (χ1v) is 11.1. The van der Waals surface area contributed by atoms with Crippen LogP contribution in [0.1, 0.15) is 18.4 Å². The number of para-hydroxylation sites is 2. The summed E-state index contributed by atoms with van der Waals surface area (Å²) in [5.41, 5.74) is 4.29. The third-order valence-electron chi connectivity index (χ3n) is 6.24. The molecule has 0 unspecified atom stereocenters. The number of rotatable bonds is 5. The van der Waals surface area contributed by atoms with Crippen molar-refractivity contribution in [3.63, 3.8) is 0 Å². The molecule has 6 rings (SSSR count). The Balaban J connectivity index is 1.57. The second-order valence-corrected chi connectivity index (χ2v) is 8.35. The monoisotopic (exact) mass is 441 g/mol. The van der Waals surface area contributed by atoms with Crippen molar-refractivity contribution in [1.82, 2.24) is 24.1 Å². The van der Waals surface area contributed by atoms with E-state index < -0.39 is 0 Å². The fourth-order valence-corrected chi connectivity index (χ4v) is 4.54. The van der Waals surface area contributed by atoms with Gasteiger partial charge in [-0.05, 0) is 42.7 Å². The van der Waals surface area contributed by atoms with Gasteiger partial charge < -0.3 is 14.0 Å². The number of benzene rings is 2. The minimum atomic E-state index is -0.112. The highest BCUT2D eigenvalue weighted by Crippen LogP contribution is 2.26. The summed E-state index contributed by atoms with van der Waals surface area (Å²) in [5, 5.41) is 0.497. The number of aromatic nitrogens is 5. The van der Waals surface area contributed by atoms with Crippen molar-refractivity contribution in [1.29, 1.82) is 0 Å². The van der Waals surface area contributed by atoms with Crippen molar-refractivity contribution in [3.8, 4) is 5.75 Å².